The summed E-state index contributed by atoms with van der Waals surface area (Å²) in [6.07, 6.45) is 1.81. The molecule has 5 heteroatoms. The Hall–Kier alpha value is -1.36. The topological polar surface area (TPSA) is 60.0 Å². The number of nitrogens with one attached hydrogen (secondary N) is 1. The molecule has 0 fully saturated rings. The van der Waals surface area contributed by atoms with Gasteiger partial charge in [-0.3, -0.25) is 4.79 Å². The number of carbonyl (C=O) groups excluding carboxylic acids is 1. The highest BCUT2D eigenvalue weighted by molar-refractivity contribution is 7.80. The van der Waals surface area contributed by atoms with Crippen molar-refractivity contribution in [2.24, 2.45) is 5.73 Å². The van der Waals surface area contributed by atoms with Gasteiger partial charge in [0, 0.05) is 11.7 Å². The molecule has 17 heavy (non-hydrogen) atoms. The van der Waals surface area contributed by atoms with Crippen LogP contribution in [0.5, 0.6) is 0 Å². The predicted octanol–water partition coefficient (Wildman–Crippen LogP) is 1.60. The van der Waals surface area contributed by atoms with E-state index in [0.717, 1.165) is 0 Å². The number of hydrogen-bond donors (Lipinski definition) is 2. The Labute approximate surface area is 107 Å². The number of thiocarbonyl (C=S) groups is 1. The quantitative estimate of drug-likeness (QED) is 0.804. The van der Waals surface area contributed by atoms with Crippen LogP contribution in [0.1, 0.15) is 39.4 Å². The fourth-order valence-corrected chi connectivity index (χ4v) is 1.71. The van der Waals surface area contributed by atoms with E-state index in [9.17, 15) is 4.79 Å². The number of aromatic nitrogens is 1. The van der Waals surface area contributed by atoms with E-state index in [1.54, 1.807) is 10.8 Å². The van der Waals surface area contributed by atoms with E-state index in [1.807, 2.05) is 39.8 Å². The van der Waals surface area contributed by atoms with Crippen LogP contribution in [0.25, 0.3) is 0 Å². The van der Waals surface area contributed by atoms with Crippen molar-refractivity contribution in [3.63, 3.8) is 0 Å². The van der Waals surface area contributed by atoms with Gasteiger partial charge in [0.05, 0.1) is 5.69 Å². The molecule has 1 aromatic heterocycles. The first kappa shape index (κ1) is 13.7. The maximum Gasteiger partial charge on any atom is 0.243 e. The number of amides is 1. The molecule has 0 bridgehead atoms. The number of nitrogens with two attached hydrogens (primary N) is 1. The average Bonchev–Trinajstić information content (AvgIpc) is 2.61. The molecule has 1 rings (SSSR count). The smallest absolute Gasteiger partial charge is 0.243 e. The lowest BCUT2D eigenvalue weighted by Gasteiger charge is -2.24. The lowest BCUT2D eigenvalue weighted by atomic mass is 10.1. The van der Waals surface area contributed by atoms with Gasteiger partial charge in [0.25, 0.3) is 0 Å². The van der Waals surface area contributed by atoms with E-state index in [1.165, 1.54) is 0 Å². The third-order valence-corrected chi connectivity index (χ3v) is 2.54. The Bertz CT molecular complexity index is 431. The molecule has 0 spiro atoms. The minimum Gasteiger partial charge on any atom is -0.388 e. The van der Waals surface area contributed by atoms with E-state index in [4.69, 9.17) is 18.0 Å². The van der Waals surface area contributed by atoms with Crippen molar-refractivity contribution in [2.75, 3.05) is 0 Å². The van der Waals surface area contributed by atoms with E-state index < -0.39 is 0 Å². The minimum atomic E-state index is -0.333. The van der Waals surface area contributed by atoms with Crippen molar-refractivity contribution in [3.8, 4) is 0 Å². The third kappa shape index (κ3) is 3.56. The summed E-state index contributed by atoms with van der Waals surface area (Å²) >= 11 is 4.94. The summed E-state index contributed by atoms with van der Waals surface area (Å²) in [6, 6.07) is 3.30. The van der Waals surface area contributed by atoms with Gasteiger partial charge in [0.1, 0.15) is 11.0 Å². The fourth-order valence-electron chi connectivity index (χ4n) is 1.54. The van der Waals surface area contributed by atoms with Gasteiger partial charge >= 0.3 is 0 Å². The van der Waals surface area contributed by atoms with E-state index in [-0.39, 0.29) is 17.5 Å². The van der Waals surface area contributed by atoms with Gasteiger partial charge < -0.3 is 15.6 Å². The summed E-state index contributed by atoms with van der Waals surface area (Å²) in [5.41, 5.74) is 6.06. The molecule has 0 aliphatic carbocycles. The average molecular weight is 253 g/mol. The highest BCUT2D eigenvalue weighted by atomic mass is 32.1. The van der Waals surface area contributed by atoms with Crippen LogP contribution in [-0.2, 0) is 4.79 Å². The zero-order chi connectivity index (χ0) is 13.2. The van der Waals surface area contributed by atoms with Crippen LogP contribution in [0.2, 0.25) is 0 Å². The zero-order valence-electron chi connectivity index (χ0n) is 10.7. The van der Waals surface area contributed by atoms with Crippen molar-refractivity contribution in [1.29, 1.82) is 0 Å². The van der Waals surface area contributed by atoms with E-state index in [0.29, 0.717) is 10.7 Å². The summed E-state index contributed by atoms with van der Waals surface area (Å²) in [4.78, 5) is 12.3. The standard InChI is InChI=1S/C12H19N3OS/c1-8(11(16)14-12(2,3)4)15-7-5-6-9(15)10(13)17/h5-8H,1-4H3,(H2,13,17)(H,14,16). The molecule has 0 radical (unpaired) electrons. The molecule has 0 saturated carbocycles. The van der Waals surface area contributed by atoms with Gasteiger partial charge in [-0.25, -0.2) is 0 Å². The molecule has 1 aromatic rings. The van der Waals surface area contributed by atoms with Gasteiger partial charge in [-0.1, -0.05) is 12.2 Å². The first-order chi connectivity index (χ1) is 7.72. The number of rotatable bonds is 3. The third-order valence-electron chi connectivity index (χ3n) is 2.33. The lowest BCUT2D eigenvalue weighted by Crippen LogP contribution is -2.44. The molecule has 1 atom stereocenters. The van der Waals surface area contributed by atoms with Crippen molar-refractivity contribution < 1.29 is 4.79 Å². The first-order valence-electron chi connectivity index (χ1n) is 5.51. The Morgan fingerprint density at radius 1 is 1.53 bits per heavy atom. The number of nitrogens with zero attached hydrogens (tertiary/aromatic N) is 1. The molecule has 0 aliphatic rings. The van der Waals surface area contributed by atoms with Crippen LogP contribution in [0.3, 0.4) is 0 Å². The maximum absolute atomic E-state index is 12.0. The first-order valence-corrected chi connectivity index (χ1v) is 5.92. The predicted molar refractivity (Wildman–Crippen MR) is 72.9 cm³/mol. The molecule has 0 aromatic carbocycles. The summed E-state index contributed by atoms with van der Waals surface area (Å²) in [5, 5.41) is 2.93. The van der Waals surface area contributed by atoms with E-state index in [2.05, 4.69) is 5.32 Å². The van der Waals surface area contributed by atoms with Gasteiger partial charge in [-0.05, 0) is 39.8 Å². The Morgan fingerprint density at radius 3 is 2.59 bits per heavy atom. The van der Waals surface area contributed by atoms with Crippen LogP contribution in [0, 0.1) is 0 Å². The molecule has 1 unspecified atom stereocenters. The molecule has 4 nitrogen and oxygen atoms in total. The number of carbonyl (C=O) groups is 1. The molecular formula is C12H19N3OS. The summed E-state index contributed by atoms with van der Waals surface area (Å²) in [5.74, 6) is -0.0498. The molecular weight excluding hydrogens is 234 g/mol. The Balaban J connectivity index is 2.89. The molecule has 94 valence electrons. The Kier molecular flexibility index (Phi) is 3.93. The van der Waals surface area contributed by atoms with Crippen LogP contribution >= 0.6 is 12.2 Å². The van der Waals surface area contributed by atoms with Gasteiger partial charge in [0.2, 0.25) is 5.91 Å². The van der Waals surface area contributed by atoms with Crippen molar-refractivity contribution in [1.82, 2.24) is 9.88 Å². The summed E-state index contributed by atoms with van der Waals surface area (Å²) in [6.45, 7) is 7.66. The summed E-state index contributed by atoms with van der Waals surface area (Å²) in [7, 11) is 0. The molecule has 1 heterocycles. The number of hydrogen-bond acceptors (Lipinski definition) is 2. The highest BCUT2D eigenvalue weighted by Gasteiger charge is 2.21. The molecule has 0 aliphatic heterocycles. The SMILES string of the molecule is CC(C(=O)NC(C)(C)C)n1cccc1C(N)=S. The fraction of sp³-hybridized carbons (Fsp3) is 0.500. The second-order valence-corrected chi connectivity index (χ2v) is 5.52. The second kappa shape index (κ2) is 4.87. The van der Waals surface area contributed by atoms with Gasteiger partial charge in [-0.15, -0.1) is 0 Å². The Morgan fingerprint density at radius 2 is 2.12 bits per heavy atom. The second-order valence-electron chi connectivity index (χ2n) is 5.08. The van der Waals surface area contributed by atoms with Crippen LogP contribution in [-0.4, -0.2) is 21.0 Å². The van der Waals surface area contributed by atoms with E-state index >= 15 is 0 Å². The molecule has 3 N–H and O–H groups in total. The summed E-state index contributed by atoms with van der Waals surface area (Å²) < 4.78 is 1.78. The van der Waals surface area contributed by atoms with Crippen molar-refractivity contribution >= 4 is 23.1 Å². The van der Waals surface area contributed by atoms with Crippen molar-refractivity contribution in [2.45, 2.75) is 39.3 Å². The normalized spacial score (nSPS) is 13.2. The van der Waals surface area contributed by atoms with Crippen LogP contribution in [0.15, 0.2) is 18.3 Å². The lowest BCUT2D eigenvalue weighted by molar-refractivity contribution is -0.125. The van der Waals surface area contributed by atoms with Gasteiger partial charge in [-0.2, -0.15) is 0 Å². The maximum atomic E-state index is 12.0. The van der Waals surface area contributed by atoms with Crippen molar-refractivity contribution in [3.05, 3.63) is 24.0 Å². The van der Waals surface area contributed by atoms with Crippen LogP contribution < -0.4 is 11.1 Å². The molecule has 1 amide bonds. The highest BCUT2D eigenvalue weighted by Crippen LogP contribution is 2.13. The van der Waals surface area contributed by atoms with Gasteiger partial charge in [0.15, 0.2) is 0 Å². The zero-order valence-corrected chi connectivity index (χ0v) is 11.5. The van der Waals surface area contributed by atoms with Crippen LogP contribution in [0.4, 0.5) is 0 Å². The monoisotopic (exact) mass is 253 g/mol. The molecule has 0 saturated heterocycles. The largest absolute Gasteiger partial charge is 0.388 e. The minimum absolute atomic E-state index is 0.0498.